The minimum Gasteiger partial charge on any atom is -0.356 e. The second kappa shape index (κ2) is 4.58. The Bertz CT molecular complexity index is 650. The van der Waals surface area contributed by atoms with Gasteiger partial charge in [-0.25, -0.2) is 9.97 Å². The van der Waals surface area contributed by atoms with Crippen LogP contribution in [0.1, 0.15) is 0 Å². The number of halogens is 1. The van der Waals surface area contributed by atoms with Crippen LogP contribution in [0.5, 0.6) is 0 Å². The Kier molecular flexibility index (Phi) is 2.78. The van der Waals surface area contributed by atoms with E-state index in [4.69, 9.17) is 16.1 Å². The molecular weight excluding hydrogens is 250 g/mol. The van der Waals surface area contributed by atoms with E-state index in [2.05, 4.69) is 15.1 Å². The third kappa shape index (κ3) is 2.10. The van der Waals surface area contributed by atoms with Crippen LogP contribution in [0.3, 0.4) is 0 Å². The Morgan fingerprint density at radius 2 is 1.67 bits per heavy atom. The first-order chi connectivity index (χ1) is 8.83. The van der Waals surface area contributed by atoms with E-state index in [1.807, 2.05) is 30.3 Å². The van der Waals surface area contributed by atoms with E-state index in [1.165, 1.54) is 6.33 Å². The van der Waals surface area contributed by atoms with Gasteiger partial charge in [0, 0.05) is 34.6 Å². The molecular formula is C13H8ClN3O. The Hall–Kier alpha value is -2.20. The Morgan fingerprint density at radius 1 is 0.944 bits per heavy atom. The zero-order valence-corrected chi connectivity index (χ0v) is 10.0. The van der Waals surface area contributed by atoms with E-state index in [0.29, 0.717) is 16.5 Å². The molecule has 0 atom stereocenters. The van der Waals surface area contributed by atoms with E-state index in [-0.39, 0.29) is 0 Å². The Balaban J connectivity index is 1.97. The first-order valence-electron chi connectivity index (χ1n) is 5.31. The number of nitrogens with zero attached hydrogens (tertiary/aromatic N) is 3. The van der Waals surface area contributed by atoms with Crippen LogP contribution >= 0.6 is 11.6 Å². The monoisotopic (exact) mass is 257 g/mol. The molecule has 3 aromatic rings. The fourth-order valence-electron chi connectivity index (χ4n) is 1.59. The van der Waals surface area contributed by atoms with Crippen LogP contribution in [0.2, 0.25) is 5.02 Å². The van der Waals surface area contributed by atoms with E-state index in [1.54, 1.807) is 12.4 Å². The normalized spacial score (nSPS) is 10.5. The molecule has 5 heteroatoms. The van der Waals surface area contributed by atoms with Gasteiger partial charge in [0.2, 0.25) is 0 Å². The lowest BCUT2D eigenvalue weighted by molar-refractivity contribution is 0.435. The summed E-state index contributed by atoms with van der Waals surface area (Å²) in [6.07, 6.45) is 4.86. The van der Waals surface area contributed by atoms with Crippen LogP contribution in [0.4, 0.5) is 0 Å². The first-order valence-corrected chi connectivity index (χ1v) is 5.69. The minimum atomic E-state index is 0.686. The molecule has 0 aliphatic carbocycles. The third-order valence-corrected chi connectivity index (χ3v) is 2.75. The molecule has 4 nitrogen and oxygen atoms in total. The number of aromatic nitrogens is 3. The summed E-state index contributed by atoms with van der Waals surface area (Å²) >= 11 is 5.84. The number of hydrogen-bond acceptors (Lipinski definition) is 4. The van der Waals surface area contributed by atoms with Crippen molar-refractivity contribution in [3.8, 4) is 22.6 Å². The summed E-state index contributed by atoms with van der Waals surface area (Å²) in [5.74, 6) is 0.686. The van der Waals surface area contributed by atoms with Gasteiger partial charge in [0.1, 0.15) is 12.0 Å². The molecule has 0 fully saturated rings. The molecule has 2 aromatic heterocycles. The fraction of sp³-hybridized carbons (Fsp3) is 0. The number of benzene rings is 1. The molecule has 0 aliphatic rings. The van der Waals surface area contributed by atoms with Gasteiger partial charge in [0.15, 0.2) is 5.76 Å². The van der Waals surface area contributed by atoms with Crippen molar-refractivity contribution in [2.45, 2.75) is 0 Å². The molecule has 0 spiro atoms. The molecule has 0 saturated heterocycles. The summed E-state index contributed by atoms with van der Waals surface area (Å²) < 4.78 is 5.30. The molecule has 18 heavy (non-hydrogen) atoms. The van der Waals surface area contributed by atoms with Crippen molar-refractivity contribution < 1.29 is 4.52 Å². The van der Waals surface area contributed by atoms with E-state index >= 15 is 0 Å². The topological polar surface area (TPSA) is 51.8 Å². The van der Waals surface area contributed by atoms with Crippen molar-refractivity contribution >= 4 is 11.6 Å². The molecule has 0 amide bonds. The standard InChI is InChI=1S/C13H8ClN3O/c14-11-3-1-9(2-4-11)13-5-12(17-18-13)10-6-15-8-16-7-10/h1-8H. The lowest BCUT2D eigenvalue weighted by Crippen LogP contribution is -1.80. The summed E-state index contributed by atoms with van der Waals surface area (Å²) in [6.45, 7) is 0. The second-order valence-corrected chi connectivity index (χ2v) is 4.15. The van der Waals surface area contributed by atoms with E-state index < -0.39 is 0 Å². The van der Waals surface area contributed by atoms with Crippen LogP contribution < -0.4 is 0 Å². The van der Waals surface area contributed by atoms with Crippen LogP contribution in [0.25, 0.3) is 22.6 Å². The average Bonchev–Trinajstić information content (AvgIpc) is 2.90. The quantitative estimate of drug-likeness (QED) is 0.706. The maximum atomic E-state index is 5.84. The number of rotatable bonds is 2. The Morgan fingerprint density at radius 3 is 2.39 bits per heavy atom. The predicted molar refractivity (Wildman–Crippen MR) is 68.0 cm³/mol. The maximum absolute atomic E-state index is 5.84. The highest BCUT2D eigenvalue weighted by Gasteiger charge is 2.08. The van der Waals surface area contributed by atoms with Crippen LogP contribution in [-0.4, -0.2) is 15.1 Å². The smallest absolute Gasteiger partial charge is 0.167 e. The van der Waals surface area contributed by atoms with Gasteiger partial charge in [-0.2, -0.15) is 0 Å². The molecule has 0 unspecified atom stereocenters. The fourth-order valence-corrected chi connectivity index (χ4v) is 1.72. The summed E-state index contributed by atoms with van der Waals surface area (Å²) in [7, 11) is 0. The van der Waals surface area contributed by atoms with Gasteiger partial charge in [-0.05, 0) is 24.3 Å². The van der Waals surface area contributed by atoms with Crippen molar-refractivity contribution in [1.29, 1.82) is 0 Å². The van der Waals surface area contributed by atoms with Crippen molar-refractivity contribution in [3.63, 3.8) is 0 Å². The van der Waals surface area contributed by atoms with Gasteiger partial charge < -0.3 is 4.52 Å². The molecule has 2 heterocycles. The van der Waals surface area contributed by atoms with Crippen LogP contribution in [0, 0.1) is 0 Å². The Labute approximate surface area is 108 Å². The molecule has 0 radical (unpaired) electrons. The second-order valence-electron chi connectivity index (χ2n) is 3.71. The van der Waals surface area contributed by atoms with Crippen molar-refractivity contribution in [3.05, 3.63) is 54.1 Å². The lowest BCUT2D eigenvalue weighted by atomic mass is 10.1. The van der Waals surface area contributed by atoms with Gasteiger partial charge in [-0.3, -0.25) is 0 Å². The van der Waals surface area contributed by atoms with Crippen LogP contribution in [-0.2, 0) is 0 Å². The molecule has 3 rings (SSSR count). The van der Waals surface area contributed by atoms with Crippen molar-refractivity contribution in [1.82, 2.24) is 15.1 Å². The molecule has 1 aromatic carbocycles. The highest BCUT2D eigenvalue weighted by Crippen LogP contribution is 2.26. The van der Waals surface area contributed by atoms with Gasteiger partial charge in [-0.15, -0.1) is 0 Å². The van der Waals surface area contributed by atoms with Crippen LogP contribution in [0.15, 0.2) is 53.6 Å². The van der Waals surface area contributed by atoms with Gasteiger partial charge in [-0.1, -0.05) is 16.8 Å². The highest BCUT2D eigenvalue weighted by atomic mass is 35.5. The SMILES string of the molecule is Clc1ccc(-c2cc(-c3cncnc3)no2)cc1. The molecule has 0 bridgehead atoms. The number of hydrogen-bond donors (Lipinski definition) is 0. The third-order valence-electron chi connectivity index (χ3n) is 2.50. The summed E-state index contributed by atoms with van der Waals surface area (Å²) in [5.41, 5.74) is 2.46. The zero-order valence-electron chi connectivity index (χ0n) is 9.25. The summed E-state index contributed by atoms with van der Waals surface area (Å²) in [6, 6.07) is 9.24. The average molecular weight is 258 g/mol. The maximum Gasteiger partial charge on any atom is 0.167 e. The van der Waals surface area contributed by atoms with Gasteiger partial charge >= 0.3 is 0 Å². The zero-order chi connectivity index (χ0) is 12.4. The predicted octanol–water partition coefficient (Wildman–Crippen LogP) is 3.45. The minimum absolute atomic E-state index is 0.686. The largest absolute Gasteiger partial charge is 0.356 e. The van der Waals surface area contributed by atoms with Gasteiger partial charge in [0.05, 0.1) is 0 Å². The molecule has 0 N–H and O–H groups in total. The van der Waals surface area contributed by atoms with Crippen molar-refractivity contribution in [2.24, 2.45) is 0 Å². The highest BCUT2D eigenvalue weighted by molar-refractivity contribution is 6.30. The molecule has 0 aliphatic heterocycles. The van der Waals surface area contributed by atoms with E-state index in [9.17, 15) is 0 Å². The summed E-state index contributed by atoms with van der Waals surface area (Å²) in [4.78, 5) is 7.89. The molecule has 88 valence electrons. The summed E-state index contributed by atoms with van der Waals surface area (Å²) in [5, 5.41) is 4.69. The lowest BCUT2D eigenvalue weighted by Gasteiger charge is -1.94. The van der Waals surface area contributed by atoms with Crippen molar-refractivity contribution in [2.75, 3.05) is 0 Å². The van der Waals surface area contributed by atoms with E-state index in [0.717, 1.165) is 11.1 Å². The first kappa shape index (κ1) is 10.9. The molecule has 0 saturated carbocycles. The van der Waals surface area contributed by atoms with Gasteiger partial charge in [0.25, 0.3) is 0 Å².